The summed E-state index contributed by atoms with van der Waals surface area (Å²) >= 11 is 0. The molecule has 0 bridgehead atoms. The molecule has 1 fully saturated rings. The summed E-state index contributed by atoms with van der Waals surface area (Å²) in [5, 5.41) is 13.4. The van der Waals surface area contributed by atoms with Gasteiger partial charge in [0.2, 0.25) is 0 Å². The number of piperidine rings is 1. The lowest BCUT2D eigenvalue weighted by molar-refractivity contribution is 0.00378. The predicted molar refractivity (Wildman–Crippen MR) is 143 cm³/mol. The van der Waals surface area contributed by atoms with Crippen LogP contribution >= 0.6 is 0 Å². The van der Waals surface area contributed by atoms with Crippen LogP contribution in [0.5, 0.6) is 5.75 Å². The molecule has 2 aromatic rings. The van der Waals surface area contributed by atoms with Gasteiger partial charge in [0.25, 0.3) is 0 Å². The lowest BCUT2D eigenvalue weighted by Crippen LogP contribution is -2.51. The smallest absolute Gasteiger partial charge is 0.410 e. The molecule has 0 radical (unpaired) electrons. The van der Waals surface area contributed by atoms with E-state index in [9.17, 15) is 10.1 Å². The molecule has 1 aliphatic rings. The second-order valence-electron chi connectivity index (χ2n) is 11.4. The van der Waals surface area contributed by atoms with E-state index in [4.69, 9.17) is 9.47 Å². The van der Waals surface area contributed by atoms with Crippen molar-refractivity contribution in [1.29, 1.82) is 5.26 Å². The van der Waals surface area contributed by atoms with Crippen molar-refractivity contribution in [2.75, 3.05) is 6.54 Å². The van der Waals surface area contributed by atoms with Crippen LogP contribution in [0, 0.1) is 11.3 Å². The topological polar surface area (TPSA) is 74.6 Å². The minimum Gasteiger partial charge on any atom is -0.491 e. The van der Waals surface area contributed by atoms with E-state index < -0.39 is 11.0 Å². The van der Waals surface area contributed by atoms with Crippen molar-refractivity contribution in [2.45, 2.75) is 97.1 Å². The number of nitrogens with one attached hydrogen (secondary N) is 1. The Morgan fingerprint density at radius 1 is 1.14 bits per heavy atom. The molecule has 1 aliphatic heterocycles. The van der Waals surface area contributed by atoms with Crippen LogP contribution in [0.3, 0.4) is 0 Å². The molecule has 0 aromatic heterocycles. The fourth-order valence-electron chi connectivity index (χ4n) is 4.58. The van der Waals surface area contributed by atoms with E-state index in [2.05, 4.69) is 29.6 Å². The van der Waals surface area contributed by atoms with Gasteiger partial charge in [0.15, 0.2) is 0 Å². The number of ether oxygens (including phenoxy) is 2. The van der Waals surface area contributed by atoms with E-state index in [-0.39, 0.29) is 24.3 Å². The summed E-state index contributed by atoms with van der Waals surface area (Å²) in [4.78, 5) is 15.1. The molecule has 1 saturated heterocycles. The molecule has 6 nitrogen and oxygen atoms in total. The summed E-state index contributed by atoms with van der Waals surface area (Å²) in [6.45, 7) is 14.8. The first-order chi connectivity index (χ1) is 16.9. The van der Waals surface area contributed by atoms with Crippen LogP contribution in [0.4, 0.5) is 4.79 Å². The lowest BCUT2D eigenvalue weighted by atomic mass is 9.85. The fraction of sp³-hybridized carbons (Fsp3) is 0.533. The van der Waals surface area contributed by atoms with Crippen molar-refractivity contribution in [3.63, 3.8) is 0 Å². The van der Waals surface area contributed by atoms with Crippen LogP contribution in [0.25, 0.3) is 0 Å². The average Bonchev–Trinajstić information content (AvgIpc) is 2.82. The van der Waals surface area contributed by atoms with E-state index in [1.165, 1.54) is 0 Å². The Labute approximate surface area is 216 Å². The van der Waals surface area contributed by atoms with Gasteiger partial charge in [-0.1, -0.05) is 36.4 Å². The zero-order valence-electron chi connectivity index (χ0n) is 22.8. The Hall–Kier alpha value is -3.04. The van der Waals surface area contributed by atoms with Gasteiger partial charge in [0.1, 0.15) is 11.4 Å². The van der Waals surface area contributed by atoms with Gasteiger partial charge in [0.05, 0.1) is 23.6 Å². The van der Waals surface area contributed by atoms with Gasteiger partial charge in [0, 0.05) is 24.7 Å². The van der Waals surface area contributed by atoms with Crippen molar-refractivity contribution in [2.24, 2.45) is 0 Å². The van der Waals surface area contributed by atoms with Crippen LogP contribution < -0.4 is 10.1 Å². The molecule has 2 atom stereocenters. The van der Waals surface area contributed by atoms with Gasteiger partial charge in [-0.3, -0.25) is 4.90 Å². The minimum absolute atomic E-state index is 0.0352. The molecule has 1 N–H and O–H groups in total. The summed E-state index contributed by atoms with van der Waals surface area (Å²) in [5.41, 5.74) is 1.88. The van der Waals surface area contributed by atoms with Crippen LogP contribution in [-0.4, -0.2) is 35.3 Å². The average molecular weight is 492 g/mol. The van der Waals surface area contributed by atoms with Gasteiger partial charge in [-0.25, -0.2) is 4.79 Å². The van der Waals surface area contributed by atoms with Crippen LogP contribution in [0.1, 0.15) is 84.0 Å². The summed E-state index contributed by atoms with van der Waals surface area (Å²) in [6.07, 6.45) is 1.57. The number of amides is 1. The van der Waals surface area contributed by atoms with E-state index in [1.807, 2.05) is 83.7 Å². The normalized spacial score (nSPS) is 18.6. The number of rotatable bonds is 7. The summed E-state index contributed by atoms with van der Waals surface area (Å²) in [5.74, 6) is 0.811. The highest BCUT2D eigenvalue weighted by Crippen LogP contribution is 2.34. The quantitative estimate of drug-likeness (QED) is 0.478. The summed E-state index contributed by atoms with van der Waals surface area (Å²) < 4.78 is 11.9. The molecule has 0 unspecified atom stereocenters. The molecular formula is C30H41N3O3. The standard InChI is InChI=1S/C30H41N3O3/c1-21(2)35-26-16-15-24(30(6,7)20-31)18-23(26)19-32-25-14-11-17-33(28(34)36-29(3,4)5)27(25)22-12-9-8-10-13-22/h8-10,12-13,15-16,18,21,25,27,32H,11,14,17,19H2,1-7H3/t25-,27-/m0/s1. The highest BCUT2D eigenvalue weighted by atomic mass is 16.6. The first kappa shape index (κ1) is 27.5. The van der Waals surface area contributed by atoms with Crippen molar-refractivity contribution in [3.8, 4) is 11.8 Å². The van der Waals surface area contributed by atoms with E-state index in [0.717, 1.165) is 35.3 Å². The molecule has 1 amide bonds. The van der Waals surface area contributed by atoms with Crippen molar-refractivity contribution < 1.29 is 14.3 Å². The molecule has 36 heavy (non-hydrogen) atoms. The maximum absolute atomic E-state index is 13.2. The van der Waals surface area contributed by atoms with E-state index >= 15 is 0 Å². The van der Waals surface area contributed by atoms with Crippen LogP contribution in [-0.2, 0) is 16.7 Å². The maximum atomic E-state index is 13.2. The zero-order valence-corrected chi connectivity index (χ0v) is 22.8. The monoisotopic (exact) mass is 491 g/mol. The number of benzene rings is 2. The molecule has 6 heteroatoms. The van der Waals surface area contributed by atoms with Crippen molar-refractivity contribution >= 4 is 6.09 Å². The fourth-order valence-corrected chi connectivity index (χ4v) is 4.58. The molecule has 3 rings (SSSR count). The number of hydrogen-bond acceptors (Lipinski definition) is 5. The van der Waals surface area contributed by atoms with E-state index in [0.29, 0.717) is 13.1 Å². The summed E-state index contributed by atoms with van der Waals surface area (Å²) in [6, 6.07) is 18.5. The highest BCUT2D eigenvalue weighted by Gasteiger charge is 2.37. The third-order valence-corrected chi connectivity index (χ3v) is 6.38. The zero-order chi connectivity index (χ0) is 26.5. The number of carbonyl (C=O) groups excluding carboxylic acids is 1. The number of carbonyl (C=O) groups is 1. The molecule has 0 aliphatic carbocycles. The largest absolute Gasteiger partial charge is 0.491 e. The number of nitrogens with zero attached hydrogens (tertiary/aromatic N) is 2. The van der Waals surface area contributed by atoms with Gasteiger partial charge in [-0.05, 0) is 84.6 Å². The van der Waals surface area contributed by atoms with Crippen LogP contribution in [0.15, 0.2) is 48.5 Å². The maximum Gasteiger partial charge on any atom is 0.410 e. The molecule has 194 valence electrons. The first-order valence-electron chi connectivity index (χ1n) is 12.9. The number of likely N-dealkylation sites (tertiary alicyclic amines) is 1. The van der Waals surface area contributed by atoms with Crippen LogP contribution in [0.2, 0.25) is 0 Å². The number of nitriles is 1. The summed E-state index contributed by atoms with van der Waals surface area (Å²) in [7, 11) is 0. The molecule has 0 spiro atoms. The van der Waals surface area contributed by atoms with Gasteiger partial charge >= 0.3 is 6.09 Å². The predicted octanol–water partition coefficient (Wildman–Crippen LogP) is 6.51. The Morgan fingerprint density at radius 2 is 1.83 bits per heavy atom. The lowest BCUT2D eigenvalue weighted by Gasteiger charge is -2.42. The minimum atomic E-state index is -0.601. The Balaban J connectivity index is 1.91. The molecule has 1 heterocycles. The molecule has 0 saturated carbocycles. The Kier molecular flexibility index (Phi) is 8.68. The second kappa shape index (κ2) is 11.3. The molecular weight excluding hydrogens is 450 g/mol. The first-order valence-corrected chi connectivity index (χ1v) is 12.9. The van der Waals surface area contributed by atoms with Gasteiger partial charge < -0.3 is 14.8 Å². The third kappa shape index (κ3) is 7.01. The SMILES string of the molecule is CC(C)Oc1ccc(C(C)(C)C#N)cc1CN[C@H]1CCCN(C(=O)OC(C)(C)C)[C@H]1c1ccccc1. The van der Waals surface area contributed by atoms with E-state index in [1.54, 1.807) is 0 Å². The Morgan fingerprint density at radius 3 is 2.44 bits per heavy atom. The Bertz CT molecular complexity index is 1070. The van der Waals surface area contributed by atoms with Crippen molar-refractivity contribution in [1.82, 2.24) is 10.2 Å². The number of hydrogen-bond donors (Lipinski definition) is 1. The van der Waals surface area contributed by atoms with Crippen molar-refractivity contribution in [3.05, 3.63) is 65.2 Å². The van der Waals surface area contributed by atoms with Gasteiger partial charge in [-0.2, -0.15) is 5.26 Å². The van der Waals surface area contributed by atoms with Gasteiger partial charge in [-0.15, -0.1) is 0 Å². The highest BCUT2D eigenvalue weighted by molar-refractivity contribution is 5.69. The molecule has 2 aromatic carbocycles. The second-order valence-corrected chi connectivity index (χ2v) is 11.4. The third-order valence-electron chi connectivity index (χ3n) is 6.38.